The Bertz CT molecular complexity index is 104. The van der Waals surface area contributed by atoms with Gasteiger partial charge in [0.1, 0.15) is 0 Å². The van der Waals surface area contributed by atoms with Crippen LogP contribution in [-0.4, -0.2) is 21.4 Å². The van der Waals surface area contributed by atoms with Gasteiger partial charge in [0.05, 0.1) is 0 Å². The van der Waals surface area contributed by atoms with Gasteiger partial charge in [-0.25, -0.2) is 0 Å². The van der Waals surface area contributed by atoms with Gasteiger partial charge in [0.2, 0.25) is 0 Å². The van der Waals surface area contributed by atoms with Crippen molar-refractivity contribution >= 4 is 21.4 Å². The van der Waals surface area contributed by atoms with E-state index in [1.165, 1.54) is 38.5 Å². The van der Waals surface area contributed by atoms with Gasteiger partial charge in [-0.1, -0.05) is 0 Å². The fourth-order valence-corrected chi connectivity index (χ4v) is 3.89. The van der Waals surface area contributed by atoms with E-state index in [9.17, 15) is 0 Å². The molecule has 0 radical (unpaired) electrons. The minimum absolute atomic E-state index is 1.01. The van der Waals surface area contributed by atoms with E-state index in [4.69, 9.17) is 0 Å². The minimum atomic E-state index is 1.01. The van der Waals surface area contributed by atoms with Crippen LogP contribution in [-0.2, 0) is 0 Å². The number of fused-ring (bicyclic) bond motifs is 2. The zero-order valence-corrected chi connectivity index (χ0v) is 8.30. The molecule has 0 aromatic heterocycles. The molecule has 2 rings (SSSR count). The third-order valence-electron chi connectivity index (χ3n) is 3.27. The fraction of sp³-hybridized carbons (Fsp3) is 1.00. The molecule has 0 unspecified atom stereocenters. The third-order valence-corrected chi connectivity index (χ3v) is 5.03. The first-order chi connectivity index (χ1) is 4.88. The van der Waals surface area contributed by atoms with Gasteiger partial charge in [-0.2, -0.15) is 0 Å². The summed E-state index contributed by atoms with van der Waals surface area (Å²) in [6.07, 6.45) is 9.13. The maximum absolute atomic E-state index is 2.93. The van der Waals surface area contributed by atoms with Crippen molar-refractivity contribution in [2.24, 2.45) is 0 Å². The van der Waals surface area contributed by atoms with Crippen molar-refractivity contribution in [3.05, 3.63) is 0 Å². The van der Waals surface area contributed by atoms with E-state index in [1.807, 2.05) is 0 Å². The molecule has 10 heavy (non-hydrogen) atoms. The van der Waals surface area contributed by atoms with Gasteiger partial charge in [0.15, 0.2) is 0 Å². The molecule has 2 aliphatic rings. The van der Waals surface area contributed by atoms with E-state index in [-0.39, 0.29) is 0 Å². The molecule has 2 aliphatic heterocycles. The zero-order chi connectivity index (χ0) is 6.97. The summed E-state index contributed by atoms with van der Waals surface area (Å²) < 4.78 is 0. The van der Waals surface area contributed by atoms with Gasteiger partial charge in [-0.3, -0.25) is 0 Å². The number of hydrogen-bond acceptors (Lipinski definition) is 0. The van der Waals surface area contributed by atoms with Gasteiger partial charge >= 0.3 is 71.5 Å². The van der Waals surface area contributed by atoms with Gasteiger partial charge in [0.25, 0.3) is 0 Å². The van der Waals surface area contributed by atoms with E-state index in [2.05, 4.69) is 15.8 Å². The number of hydrogen-bond donors (Lipinski definition) is 0. The summed E-state index contributed by atoms with van der Waals surface area (Å²) in [5.41, 5.74) is 1.01. The Morgan fingerprint density at radius 3 is 1.60 bits per heavy atom. The van der Waals surface area contributed by atoms with Gasteiger partial charge in [0, 0.05) is 0 Å². The normalized spacial score (nSPS) is 39.9. The van der Waals surface area contributed by atoms with Gasteiger partial charge in [-0.05, 0) is 0 Å². The molecular weight excluding hydrogens is 186 g/mol. The summed E-state index contributed by atoms with van der Waals surface area (Å²) in [6, 6.07) is 0. The molecule has 0 saturated carbocycles. The Kier molecular flexibility index (Phi) is 2.11. The molecule has 0 spiro atoms. The van der Waals surface area contributed by atoms with Crippen LogP contribution in [0.5, 0.6) is 0 Å². The van der Waals surface area contributed by atoms with Crippen LogP contribution >= 0.6 is 0 Å². The molecule has 0 aromatic carbocycles. The van der Waals surface area contributed by atoms with Crippen LogP contribution in [0.15, 0.2) is 0 Å². The van der Waals surface area contributed by atoms with Crippen molar-refractivity contribution in [3.8, 4) is 0 Å². The Hall–Kier alpha value is 0.584. The maximum atomic E-state index is 2.93. The molecule has 0 nitrogen and oxygen atoms in total. The van der Waals surface area contributed by atoms with Crippen LogP contribution in [0.25, 0.3) is 0 Å². The summed E-state index contributed by atoms with van der Waals surface area (Å²) in [5.74, 6) is 2.18. The van der Waals surface area contributed by atoms with Crippen molar-refractivity contribution in [1.82, 2.24) is 0 Å². The first-order valence-corrected chi connectivity index (χ1v) is 5.64. The van der Waals surface area contributed by atoms with Crippen molar-refractivity contribution in [2.75, 3.05) is 0 Å². The molecule has 2 fully saturated rings. The Morgan fingerprint density at radius 1 is 0.900 bits per heavy atom. The van der Waals surface area contributed by atoms with Crippen LogP contribution in [0.1, 0.15) is 38.5 Å². The quantitative estimate of drug-likeness (QED) is 0.525. The fourth-order valence-electron chi connectivity index (χ4n) is 2.64. The van der Waals surface area contributed by atoms with Crippen LogP contribution in [0.2, 0.25) is 11.6 Å². The van der Waals surface area contributed by atoms with Crippen LogP contribution in [0.4, 0.5) is 0 Å². The Labute approximate surface area is 71.9 Å². The molecule has 0 N–H and O–H groups in total. The van der Waals surface area contributed by atoms with E-state index in [0.717, 1.165) is 17.2 Å². The molecule has 0 aromatic rings. The molecule has 2 saturated heterocycles. The predicted octanol–water partition coefficient (Wildman–Crippen LogP) is 1.99. The van der Waals surface area contributed by atoms with E-state index < -0.39 is 0 Å². The molecular formula is C8H15BSe. The summed E-state index contributed by atoms with van der Waals surface area (Å²) in [7, 11) is 0. The third kappa shape index (κ3) is 1.17. The second-order valence-electron chi connectivity index (χ2n) is 3.87. The van der Waals surface area contributed by atoms with Crippen LogP contribution in [0, 0.1) is 0 Å². The van der Waals surface area contributed by atoms with Gasteiger partial charge < -0.3 is 0 Å². The monoisotopic (exact) mass is 202 g/mol. The zero-order valence-electron chi connectivity index (χ0n) is 6.42. The summed E-state index contributed by atoms with van der Waals surface area (Å²) >= 11 is 2.93. The molecule has 2 bridgehead atoms. The second kappa shape index (κ2) is 2.91. The average molecular weight is 201 g/mol. The molecule has 0 aliphatic carbocycles. The molecule has 2 heterocycles. The molecule has 0 amide bonds. The number of rotatable bonds is 0. The second-order valence-corrected chi connectivity index (χ2v) is 5.12. The Balaban J connectivity index is 2.05. The predicted molar refractivity (Wildman–Crippen MR) is 48.1 cm³/mol. The summed E-state index contributed by atoms with van der Waals surface area (Å²) in [4.78, 5) is 0. The molecule has 0 atom stereocenters. The van der Waals surface area contributed by atoms with Crippen LogP contribution in [0.3, 0.4) is 0 Å². The first-order valence-electron chi connectivity index (χ1n) is 4.56. The van der Waals surface area contributed by atoms with Crippen LogP contribution < -0.4 is 0 Å². The average Bonchev–Trinajstić information content (AvgIpc) is 1.86. The Morgan fingerprint density at radius 2 is 1.30 bits per heavy atom. The van der Waals surface area contributed by atoms with Crippen molar-refractivity contribution in [2.45, 2.75) is 50.2 Å². The SMILES string of the molecule is [SeH]B1C2CCCC1CCC2. The topological polar surface area (TPSA) is 0 Å². The standard InChI is InChI=1S/C8H15BSe/c10-9-7-3-1-4-8(9)6-2-5-7/h7-8,10H,1-6H2. The van der Waals surface area contributed by atoms with Crippen molar-refractivity contribution in [3.63, 3.8) is 0 Å². The first kappa shape index (κ1) is 7.25. The summed E-state index contributed by atoms with van der Waals surface area (Å²) in [6.45, 7) is 0. The van der Waals surface area contributed by atoms with Gasteiger partial charge in [-0.15, -0.1) is 0 Å². The summed E-state index contributed by atoms with van der Waals surface area (Å²) in [5, 5.41) is 0. The van der Waals surface area contributed by atoms with E-state index >= 15 is 0 Å². The van der Waals surface area contributed by atoms with E-state index in [0.29, 0.717) is 0 Å². The molecule has 56 valence electrons. The molecule has 2 heteroatoms. The van der Waals surface area contributed by atoms with E-state index in [1.54, 1.807) is 0 Å². The van der Waals surface area contributed by atoms with Crippen molar-refractivity contribution in [1.29, 1.82) is 0 Å². The van der Waals surface area contributed by atoms with Crippen molar-refractivity contribution < 1.29 is 0 Å².